The Labute approximate surface area is 621 Å². The Morgan fingerprint density at radius 1 is 0.769 bits per heavy atom. The second-order valence-electron chi connectivity index (χ2n) is 27.4. The van der Waals surface area contributed by atoms with E-state index in [-0.39, 0.29) is 52.4 Å². The number of hydrogen-bond acceptors (Lipinski definition) is 28. The number of β-amino-alcohol motifs (C(OH)–C–C–N with tert-alkyl or cyclic N) is 1. The first kappa shape index (κ1) is 88.7. The predicted octanol–water partition coefficient (Wildman–Crippen LogP) is -5.00. The molecule has 598 valence electrons. The number of aromatic hydroxyl groups is 2. The van der Waals surface area contributed by atoms with Crippen LogP contribution in [-0.2, 0) is 71.7 Å². The Hall–Kier alpha value is -9.93. The van der Waals surface area contributed by atoms with E-state index in [1.807, 2.05) is 5.32 Å². The van der Waals surface area contributed by atoms with Gasteiger partial charge in [0.25, 0.3) is 23.5 Å². The van der Waals surface area contributed by atoms with Crippen molar-refractivity contribution in [3.63, 3.8) is 0 Å². The fourth-order valence-electron chi connectivity index (χ4n) is 12.1. The number of carbonyl (C=O) groups excluding carboxylic acids is 13. The lowest BCUT2D eigenvalue weighted by molar-refractivity contribution is -0.160. The number of ketones is 2. The van der Waals surface area contributed by atoms with Crippen molar-refractivity contribution in [1.29, 1.82) is 0 Å². The minimum Gasteiger partial charge on any atom is -0.507 e. The number of allylic oxidation sites excluding steroid dienone is 2. The number of aliphatic hydroxyl groups is 7. The Morgan fingerprint density at radius 2 is 1.43 bits per heavy atom. The molecule has 6 rings (SSSR count). The third-order valence-electron chi connectivity index (χ3n) is 18.8. The summed E-state index contributed by atoms with van der Waals surface area (Å²) in [5.41, 5.74) is 4.48. The van der Waals surface area contributed by atoms with Gasteiger partial charge in [0.15, 0.2) is 24.2 Å². The molecule has 2 aromatic rings. The van der Waals surface area contributed by atoms with Crippen LogP contribution in [-0.4, -0.2) is 260 Å². The van der Waals surface area contributed by atoms with Crippen LogP contribution >= 0.6 is 0 Å². The van der Waals surface area contributed by atoms with E-state index in [4.69, 9.17) is 29.4 Å². The number of hydrogen-bond donors (Lipinski definition) is 20. The molecule has 1 fully saturated rings. The summed E-state index contributed by atoms with van der Waals surface area (Å²) < 4.78 is 29.8. The van der Waals surface area contributed by atoms with Gasteiger partial charge >= 0.3 is 11.8 Å². The summed E-state index contributed by atoms with van der Waals surface area (Å²) in [5, 5.41) is 122. The number of rotatable bonds is 18. The smallest absolute Gasteiger partial charge is 0.312 e. The number of ether oxygens (including phenoxy) is 5. The zero-order valence-electron chi connectivity index (χ0n) is 62.0. The van der Waals surface area contributed by atoms with E-state index in [0.717, 1.165) is 19.3 Å². The number of Topliss-reactive ketones (excluding diaryl/α,β-unsaturated/α-hetero) is 2. The number of phenols is 2. The average molecular weight is 1530 g/mol. The number of nitrogens with one attached hydrogen (secondary N) is 10. The van der Waals surface area contributed by atoms with E-state index in [9.17, 15) is 108 Å². The number of phenolic OH excluding ortho intramolecular Hbond substituents is 2. The van der Waals surface area contributed by atoms with Crippen molar-refractivity contribution in [2.24, 2.45) is 41.2 Å². The number of anilines is 1. The number of primary amides is 1. The molecule has 0 saturated carbocycles. The number of fused-ring (bicyclic) bond motifs is 14. The van der Waals surface area contributed by atoms with Gasteiger partial charge in [0.2, 0.25) is 41.4 Å². The number of methoxy groups -OCH3 is 1. The summed E-state index contributed by atoms with van der Waals surface area (Å²) in [6, 6.07) is -8.07. The largest absolute Gasteiger partial charge is 0.507 e. The molecule has 21 N–H and O–H groups in total. The zero-order chi connectivity index (χ0) is 81.3. The maximum absolute atomic E-state index is 14.8. The van der Waals surface area contributed by atoms with Gasteiger partial charge in [-0.15, -0.1) is 0 Å². The quantitative estimate of drug-likeness (QED) is 0.0377. The molecule has 4 aliphatic rings. The highest BCUT2D eigenvalue weighted by atomic mass is 16.7. The summed E-state index contributed by atoms with van der Waals surface area (Å²) in [6.07, 6.45) is -7.11. The zero-order valence-corrected chi connectivity index (χ0v) is 62.0. The van der Waals surface area contributed by atoms with Gasteiger partial charge in [-0.3, -0.25) is 62.3 Å². The molecule has 1 saturated heterocycles. The predicted molar refractivity (Wildman–Crippen MR) is 379 cm³/mol. The van der Waals surface area contributed by atoms with Crippen LogP contribution in [0.25, 0.3) is 10.8 Å². The Balaban J connectivity index is 1.37. The summed E-state index contributed by atoms with van der Waals surface area (Å²) in [4.78, 5) is 175. The summed E-state index contributed by atoms with van der Waals surface area (Å²) in [6.45, 7) is 12.1. The number of carbonyl (C=O) groups is 13. The second kappa shape index (κ2) is 39.3. The maximum Gasteiger partial charge on any atom is 0.312 e. The van der Waals surface area contributed by atoms with Gasteiger partial charge in [0.05, 0.1) is 73.1 Å². The van der Waals surface area contributed by atoms with E-state index in [1.165, 1.54) is 73.8 Å². The number of aliphatic hydroxyl groups excluding tert-OH is 7. The molecule has 10 amide bonds. The van der Waals surface area contributed by atoms with Crippen molar-refractivity contribution in [3.05, 3.63) is 53.3 Å². The fraction of sp³-hybridized carbons (Fsp3) is 0.586. The Kier molecular flexibility index (Phi) is 32.2. The lowest BCUT2D eigenvalue weighted by Crippen LogP contribution is -2.63. The number of esters is 1. The monoisotopic (exact) mass is 1530 g/mol. The molecule has 4 aliphatic heterocycles. The van der Waals surface area contributed by atoms with Crippen LogP contribution < -0.4 is 68.4 Å². The summed E-state index contributed by atoms with van der Waals surface area (Å²) in [7, 11) is 1.37. The van der Waals surface area contributed by atoms with Crippen LogP contribution in [0.4, 0.5) is 5.69 Å². The molecule has 108 heavy (non-hydrogen) atoms. The van der Waals surface area contributed by atoms with Crippen molar-refractivity contribution >= 4 is 93.1 Å². The maximum atomic E-state index is 14.8. The molecule has 38 nitrogen and oxygen atoms in total. The van der Waals surface area contributed by atoms with Crippen LogP contribution in [0.15, 0.2) is 42.2 Å². The molecule has 2 aromatic carbocycles. The number of amides is 10. The van der Waals surface area contributed by atoms with E-state index in [2.05, 4.69) is 47.9 Å². The van der Waals surface area contributed by atoms with Crippen molar-refractivity contribution in [2.45, 2.75) is 174 Å². The highest BCUT2D eigenvalue weighted by Gasteiger charge is 2.50. The highest BCUT2D eigenvalue weighted by Crippen LogP contribution is 2.54. The lowest BCUT2D eigenvalue weighted by Gasteiger charge is -2.38. The first-order valence-corrected chi connectivity index (χ1v) is 34.7. The summed E-state index contributed by atoms with van der Waals surface area (Å²) in [5.74, 6) is -23.6. The third-order valence-corrected chi connectivity index (χ3v) is 18.8. The molecule has 38 heteroatoms. The van der Waals surface area contributed by atoms with Crippen LogP contribution in [0.5, 0.6) is 23.0 Å². The highest BCUT2D eigenvalue weighted by molar-refractivity contribution is 6.21. The summed E-state index contributed by atoms with van der Waals surface area (Å²) >= 11 is 0. The second-order valence-corrected chi connectivity index (χ2v) is 27.4. The third kappa shape index (κ3) is 22.4. The minimum atomic E-state index is -2.54. The van der Waals surface area contributed by atoms with Gasteiger partial charge < -0.3 is 129 Å². The molecule has 0 aromatic heterocycles. The molecular weight excluding hydrogens is 1430 g/mol. The number of nitrogens with two attached hydrogens (primary N) is 1. The molecule has 4 heterocycles. The van der Waals surface area contributed by atoms with Crippen molar-refractivity contribution in [1.82, 2.24) is 47.9 Å². The van der Waals surface area contributed by atoms with Crippen LogP contribution in [0.3, 0.4) is 0 Å². The van der Waals surface area contributed by atoms with Crippen LogP contribution in [0, 0.1) is 42.4 Å². The number of benzene rings is 2. The molecule has 19 atom stereocenters. The Morgan fingerprint density at radius 3 is 2.04 bits per heavy atom. The standard InChI is InChI=1S/C70H101N11O27/c1-28(2)38-21-42(85)41(26-82)79-66(100)40(77-46(87)25-76-67(101)43(86)24-75-68(102)51(36(10)83)80-69(103)52(81-65(38)99)57(93)58(94)62(71)96)23-74-64(98)35(9)72-18-19-73-47(88)27-105-45-22-39-56(92)49-48(45)50-60(34(8)55(49)91)108-70(12,61(50)95)106-20-17-44(104-13)31(5)59(107-37(11)84)33(7)54(90)32(6)53(89)29(3)15-14-16-30(4)63(97)78-39/h14-17,20,22,28-29,31-33,35-36,38,40-41,43-44,51-54,57-59,72,82-83,86,89-94H,18-19,21,23-27H2,1-13H3,(H2,71,96)(H,73,88)(H,74,98)(H,75,102)(H,76,101)(H,77,87)(H,78,97)(H,79,100)(H,80,103)(H,81,99)/b15-14+,20-17+,30-16-/t29-,31+,32+,33+,35?,36?,38?,40?,41?,43?,44-,51?,52?,53-,54+,57?,58?,59+,70-/m0/s1. The van der Waals surface area contributed by atoms with E-state index < -0.39 is 253 Å². The first-order chi connectivity index (χ1) is 50.5. The van der Waals surface area contributed by atoms with Gasteiger partial charge in [-0.25, -0.2) is 0 Å². The van der Waals surface area contributed by atoms with E-state index in [1.54, 1.807) is 33.8 Å². The van der Waals surface area contributed by atoms with E-state index in [0.29, 0.717) is 0 Å². The van der Waals surface area contributed by atoms with Crippen molar-refractivity contribution < 1.29 is 132 Å². The average Bonchev–Trinajstić information content (AvgIpc) is 1.51. The first-order valence-electron chi connectivity index (χ1n) is 34.7. The van der Waals surface area contributed by atoms with Gasteiger partial charge in [0, 0.05) is 99.2 Å². The minimum absolute atomic E-state index is 0.0557. The molecule has 0 aliphatic carbocycles. The van der Waals surface area contributed by atoms with Gasteiger partial charge in [0.1, 0.15) is 59.7 Å². The molecule has 10 unspecified atom stereocenters. The van der Waals surface area contributed by atoms with Gasteiger partial charge in [-0.2, -0.15) is 0 Å². The molecule has 0 spiro atoms. The van der Waals surface area contributed by atoms with Gasteiger partial charge in [-0.1, -0.05) is 59.8 Å². The van der Waals surface area contributed by atoms with Crippen molar-refractivity contribution in [2.75, 3.05) is 58.4 Å². The molecular formula is C70H101N11O27. The molecule has 0 radical (unpaired) electrons. The topological polar surface area (TPSA) is 596 Å². The fourth-order valence-corrected chi connectivity index (χ4v) is 12.1. The lowest BCUT2D eigenvalue weighted by atomic mass is 9.78. The Bertz CT molecular complexity index is 3790. The normalized spacial score (nSPS) is 29.3. The van der Waals surface area contributed by atoms with E-state index >= 15 is 0 Å². The van der Waals surface area contributed by atoms with Crippen LogP contribution in [0.2, 0.25) is 0 Å². The van der Waals surface area contributed by atoms with Gasteiger partial charge in [-0.05, 0) is 39.7 Å². The van der Waals surface area contributed by atoms with Crippen LogP contribution in [0.1, 0.15) is 98.5 Å². The molecule has 5 bridgehead atoms. The SMILES string of the molecule is CO[C@H]1/C=C/O[C@@]2(C)Oc3c(C)c(O)c4c(O)c(cc(OCC(=O)NCCNC(C)C(=O)NCC5NC(=O)CNC(=O)C(O)CNC(=O)C(C(C)O)NC(=O)C(C(O)C(O)C(N)=O)NC(=O)C(C(C)C)CC(=O)C(CO)NC5=O)c4c3C2=O)NC(=O)/C(C)=C\C=C\[C@H](C)[C@H](O)[C@@H](C)[C@@H](O)[C@@H](C)[C@H](OC(C)=O)[C@@H]1C. The van der Waals surface area contributed by atoms with Crippen molar-refractivity contribution in [3.8, 4) is 23.0 Å².